The van der Waals surface area contributed by atoms with Gasteiger partial charge >= 0.3 is 5.97 Å². The molecule has 0 amide bonds. The number of esters is 1. The van der Waals surface area contributed by atoms with E-state index in [1.165, 1.54) is 7.11 Å². The number of rotatable bonds is 9. The van der Waals surface area contributed by atoms with E-state index in [0.29, 0.717) is 18.0 Å². The number of carbonyl (C=O) groups is 1. The quantitative estimate of drug-likeness (QED) is 0.372. The molecule has 0 aromatic heterocycles. The third-order valence-electron chi connectivity index (χ3n) is 4.30. The molecule has 25 heavy (non-hydrogen) atoms. The summed E-state index contributed by atoms with van der Waals surface area (Å²) < 4.78 is 4.74. The molecular weight excluding hydrogens is 320 g/mol. The van der Waals surface area contributed by atoms with Crippen LogP contribution in [0.1, 0.15) is 58.9 Å². The fraction of sp³-hybridized carbons (Fsp3) is 0.632. The fourth-order valence-electron chi connectivity index (χ4n) is 2.95. The van der Waals surface area contributed by atoms with Crippen molar-refractivity contribution in [2.24, 2.45) is 5.92 Å². The number of benzene rings is 1. The smallest absolute Gasteiger partial charge is 0.306 e. The van der Waals surface area contributed by atoms with Gasteiger partial charge in [-0.3, -0.25) is 14.9 Å². The highest BCUT2D eigenvalue weighted by atomic mass is 16.6. The lowest BCUT2D eigenvalue weighted by atomic mass is 9.92. The Morgan fingerprint density at radius 1 is 1.28 bits per heavy atom. The van der Waals surface area contributed by atoms with Gasteiger partial charge in [0.1, 0.15) is 5.69 Å². The van der Waals surface area contributed by atoms with Gasteiger partial charge in [0.25, 0.3) is 5.69 Å². The highest BCUT2D eigenvalue weighted by Crippen LogP contribution is 2.35. The maximum Gasteiger partial charge on any atom is 0.306 e. The van der Waals surface area contributed by atoms with Gasteiger partial charge in [-0.1, -0.05) is 26.8 Å². The minimum Gasteiger partial charge on any atom is -0.469 e. The molecular formula is C19H30N2O4. The van der Waals surface area contributed by atoms with Gasteiger partial charge in [0, 0.05) is 18.7 Å². The van der Waals surface area contributed by atoms with Crippen LogP contribution < -0.4 is 4.90 Å². The standard InChI is InChI=1S/C19H30N2O4/c1-7-15(11-19(22)25-6)16-8-9-17(18(10-16)21(23)24)20(14(4)5)12-13(2)3/h8-10,13-15H,7,11-12H2,1-6H3. The van der Waals surface area contributed by atoms with Crippen LogP contribution in [-0.4, -0.2) is 30.6 Å². The molecule has 0 fully saturated rings. The highest BCUT2D eigenvalue weighted by Gasteiger charge is 2.25. The third-order valence-corrected chi connectivity index (χ3v) is 4.30. The van der Waals surface area contributed by atoms with Crippen molar-refractivity contribution < 1.29 is 14.5 Å². The van der Waals surface area contributed by atoms with Crippen molar-refractivity contribution in [3.05, 3.63) is 33.9 Å². The Hall–Kier alpha value is -2.11. The molecule has 0 radical (unpaired) electrons. The summed E-state index contributed by atoms with van der Waals surface area (Å²) in [4.78, 5) is 25.0. The SMILES string of the molecule is CCC(CC(=O)OC)c1ccc(N(CC(C)C)C(C)C)c([N+](=O)[O-])c1. The van der Waals surface area contributed by atoms with E-state index in [0.717, 1.165) is 12.1 Å². The Balaban J connectivity index is 3.30. The zero-order chi connectivity index (χ0) is 19.1. The van der Waals surface area contributed by atoms with Gasteiger partial charge in [0.2, 0.25) is 0 Å². The normalized spacial score (nSPS) is 12.3. The molecule has 0 aliphatic rings. The van der Waals surface area contributed by atoms with Crippen LogP contribution in [0.5, 0.6) is 0 Å². The molecule has 0 spiro atoms. The Kier molecular flexibility index (Phi) is 7.87. The Labute approximate surface area is 150 Å². The molecule has 6 nitrogen and oxygen atoms in total. The molecule has 0 N–H and O–H groups in total. The Morgan fingerprint density at radius 3 is 2.36 bits per heavy atom. The first-order chi connectivity index (χ1) is 11.7. The lowest BCUT2D eigenvalue weighted by Gasteiger charge is -2.30. The second-order valence-corrected chi connectivity index (χ2v) is 7.03. The van der Waals surface area contributed by atoms with Crippen molar-refractivity contribution in [3.63, 3.8) is 0 Å². The van der Waals surface area contributed by atoms with E-state index >= 15 is 0 Å². The van der Waals surface area contributed by atoms with Crippen molar-refractivity contribution in [3.8, 4) is 0 Å². The van der Waals surface area contributed by atoms with Gasteiger partial charge < -0.3 is 9.64 Å². The molecule has 1 aromatic carbocycles. The van der Waals surface area contributed by atoms with E-state index in [1.807, 2.05) is 32.9 Å². The maximum absolute atomic E-state index is 11.7. The predicted octanol–water partition coefficient (Wildman–Crippen LogP) is 4.52. The van der Waals surface area contributed by atoms with Crippen LogP contribution in [0.3, 0.4) is 0 Å². The summed E-state index contributed by atoms with van der Waals surface area (Å²) in [5.74, 6) is 0.00406. The summed E-state index contributed by atoms with van der Waals surface area (Å²) in [5.41, 5.74) is 1.53. The average Bonchev–Trinajstić information content (AvgIpc) is 2.56. The number of ether oxygens (including phenoxy) is 1. The number of anilines is 1. The van der Waals surface area contributed by atoms with Gasteiger partial charge in [0.15, 0.2) is 0 Å². The Bertz CT molecular complexity index is 599. The first-order valence-electron chi connectivity index (χ1n) is 8.82. The monoisotopic (exact) mass is 350 g/mol. The zero-order valence-corrected chi connectivity index (χ0v) is 16.1. The number of methoxy groups -OCH3 is 1. The van der Waals surface area contributed by atoms with Crippen LogP contribution in [0.15, 0.2) is 18.2 Å². The highest BCUT2D eigenvalue weighted by molar-refractivity contribution is 5.71. The lowest BCUT2D eigenvalue weighted by molar-refractivity contribution is -0.384. The first-order valence-corrected chi connectivity index (χ1v) is 8.82. The molecule has 1 aromatic rings. The van der Waals surface area contributed by atoms with Crippen molar-refractivity contribution in [1.82, 2.24) is 0 Å². The lowest BCUT2D eigenvalue weighted by Crippen LogP contribution is -2.34. The number of carbonyl (C=O) groups excluding carboxylic acids is 1. The van der Waals surface area contributed by atoms with Crippen molar-refractivity contribution in [2.75, 3.05) is 18.6 Å². The van der Waals surface area contributed by atoms with E-state index in [4.69, 9.17) is 4.74 Å². The van der Waals surface area contributed by atoms with E-state index in [-0.39, 0.29) is 35.0 Å². The molecule has 1 rings (SSSR count). The molecule has 0 heterocycles. The van der Waals surface area contributed by atoms with Crippen LogP contribution in [-0.2, 0) is 9.53 Å². The topological polar surface area (TPSA) is 72.7 Å². The van der Waals surface area contributed by atoms with E-state index in [9.17, 15) is 14.9 Å². The molecule has 0 aliphatic heterocycles. The van der Waals surface area contributed by atoms with Gasteiger partial charge in [-0.2, -0.15) is 0 Å². The molecule has 140 valence electrons. The second-order valence-electron chi connectivity index (χ2n) is 7.03. The summed E-state index contributed by atoms with van der Waals surface area (Å²) in [6, 6.07) is 5.48. The van der Waals surface area contributed by atoms with Crippen LogP contribution in [0.2, 0.25) is 0 Å². The van der Waals surface area contributed by atoms with Crippen molar-refractivity contribution >= 4 is 17.3 Å². The van der Waals surface area contributed by atoms with Crippen LogP contribution in [0.4, 0.5) is 11.4 Å². The van der Waals surface area contributed by atoms with E-state index in [2.05, 4.69) is 18.7 Å². The summed E-state index contributed by atoms with van der Waals surface area (Å²) in [7, 11) is 1.35. The Morgan fingerprint density at radius 2 is 1.92 bits per heavy atom. The average molecular weight is 350 g/mol. The minimum atomic E-state index is -0.334. The summed E-state index contributed by atoms with van der Waals surface area (Å²) in [5, 5.41) is 11.7. The van der Waals surface area contributed by atoms with Crippen molar-refractivity contribution in [2.45, 2.75) is 59.4 Å². The molecule has 0 aliphatic carbocycles. The summed E-state index contributed by atoms with van der Waals surface area (Å²) >= 11 is 0. The maximum atomic E-state index is 11.7. The van der Waals surface area contributed by atoms with Crippen molar-refractivity contribution in [1.29, 1.82) is 0 Å². The van der Waals surface area contributed by atoms with Gasteiger partial charge in [0.05, 0.1) is 18.5 Å². The summed E-state index contributed by atoms with van der Waals surface area (Å²) in [6.45, 7) is 11.0. The molecule has 0 bridgehead atoms. The number of hydrogen-bond donors (Lipinski definition) is 0. The largest absolute Gasteiger partial charge is 0.469 e. The van der Waals surface area contributed by atoms with Gasteiger partial charge in [-0.05, 0) is 43.7 Å². The molecule has 0 saturated carbocycles. The van der Waals surface area contributed by atoms with Crippen LogP contribution >= 0.6 is 0 Å². The van der Waals surface area contributed by atoms with Gasteiger partial charge in [-0.25, -0.2) is 0 Å². The molecule has 6 heteroatoms. The van der Waals surface area contributed by atoms with E-state index in [1.54, 1.807) is 6.07 Å². The second kappa shape index (κ2) is 9.39. The van der Waals surface area contributed by atoms with Crippen LogP contribution in [0.25, 0.3) is 0 Å². The predicted molar refractivity (Wildman–Crippen MR) is 100 cm³/mol. The molecule has 0 saturated heterocycles. The number of nitro groups is 1. The summed E-state index contributed by atoms with van der Waals surface area (Å²) in [6.07, 6.45) is 0.939. The number of hydrogen-bond acceptors (Lipinski definition) is 5. The third kappa shape index (κ3) is 5.73. The minimum absolute atomic E-state index is 0.0854. The first kappa shape index (κ1) is 20.9. The van der Waals surface area contributed by atoms with Gasteiger partial charge in [-0.15, -0.1) is 0 Å². The molecule has 1 unspecified atom stereocenters. The number of nitro benzene ring substituents is 1. The van der Waals surface area contributed by atoms with E-state index < -0.39 is 0 Å². The fourth-order valence-corrected chi connectivity index (χ4v) is 2.95. The van der Waals surface area contributed by atoms with Crippen LogP contribution in [0, 0.1) is 16.0 Å². The zero-order valence-electron chi connectivity index (χ0n) is 16.1. The molecule has 1 atom stereocenters. The number of nitrogens with zero attached hydrogens (tertiary/aromatic N) is 2.